The number of rotatable bonds is 6. The molecule has 0 spiro atoms. The molecule has 1 heterocycles. The Labute approximate surface area is 175 Å². The molecule has 3 aromatic rings. The summed E-state index contributed by atoms with van der Waals surface area (Å²) in [5, 5.41) is 7.88. The van der Waals surface area contributed by atoms with Gasteiger partial charge in [-0.1, -0.05) is 48.5 Å². The lowest BCUT2D eigenvalue weighted by atomic mass is 9.90. The largest absolute Gasteiger partial charge is 0.339 e. The van der Waals surface area contributed by atoms with E-state index in [9.17, 15) is 9.59 Å². The van der Waals surface area contributed by atoms with Crippen molar-refractivity contribution in [1.29, 1.82) is 0 Å². The second kappa shape index (κ2) is 9.05. The van der Waals surface area contributed by atoms with Crippen LogP contribution in [0.2, 0.25) is 0 Å². The molecule has 1 unspecified atom stereocenters. The van der Waals surface area contributed by atoms with Crippen molar-refractivity contribution in [3.05, 3.63) is 87.6 Å². The number of thiophene rings is 1. The molecule has 5 heteroatoms. The summed E-state index contributed by atoms with van der Waals surface area (Å²) in [7, 11) is 0. The van der Waals surface area contributed by atoms with Crippen molar-refractivity contribution in [3.8, 4) is 0 Å². The van der Waals surface area contributed by atoms with Crippen molar-refractivity contribution < 1.29 is 9.59 Å². The molecule has 1 atom stereocenters. The summed E-state index contributed by atoms with van der Waals surface area (Å²) in [4.78, 5) is 26.4. The van der Waals surface area contributed by atoms with Crippen LogP contribution in [0.25, 0.3) is 0 Å². The first-order valence-corrected chi connectivity index (χ1v) is 10.9. The summed E-state index contributed by atoms with van der Waals surface area (Å²) < 4.78 is 0. The summed E-state index contributed by atoms with van der Waals surface area (Å²) in [6, 6.07) is 18.8. The van der Waals surface area contributed by atoms with Gasteiger partial charge in [-0.05, 0) is 59.9 Å². The molecule has 29 heavy (non-hydrogen) atoms. The normalized spacial score (nSPS) is 13.9. The zero-order chi connectivity index (χ0) is 20.1. The Balaban J connectivity index is 1.55. The highest BCUT2D eigenvalue weighted by Crippen LogP contribution is 2.28. The minimum absolute atomic E-state index is 0.183. The molecule has 2 aromatic carbocycles. The first-order chi connectivity index (χ1) is 14.2. The van der Waals surface area contributed by atoms with Crippen molar-refractivity contribution in [2.45, 2.75) is 38.1 Å². The second-order valence-electron chi connectivity index (χ2n) is 7.33. The van der Waals surface area contributed by atoms with Gasteiger partial charge in [0.1, 0.15) is 6.04 Å². The third-order valence-electron chi connectivity index (χ3n) is 5.30. The molecular formula is C24H24N2O2S. The summed E-state index contributed by atoms with van der Waals surface area (Å²) in [5.41, 5.74) is 4.43. The summed E-state index contributed by atoms with van der Waals surface area (Å²) in [6.45, 7) is 0. The number of carbonyl (C=O) groups excluding carboxylic acids is 2. The van der Waals surface area contributed by atoms with E-state index in [2.05, 4.69) is 16.7 Å². The van der Waals surface area contributed by atoms with Crippen LogP contribution in [0.1, 0.15) is 39.2 Å². The summed E-state index contributed by atoms with van der Waals surface area (Å²) in [5.74, 6) is -0.399. The molecule has 1 aliphatic rings. The molecule has 0 aliphatic heterocycles. The van der Waals surface area contributed by atoms with Crippen LogP contribution >= 0.6 is 11.3 Å². The number of carbonyl (C=O) groups is 2. The first kappa shape index (κ1) is 19.4. The van der Waals surface area contributed by atoms with E-state index in [4.69, 9.17) is 0 Å². The van der Waals surface area contributed by atoms with Crippen molar-refractivity contribution in [2.75, 3.05) is 5.32 Å². The Bertz CT molecular complexity index is 983. The van der Waals surface area contributed by atoms with Gasteiger partial charge in [0.15, 0.2) is 0 Å². The fraction of sp³-hybridized carbons (Fsp3) is 0.250. The van der Waals surface area contributed by atoms with E-state index in [1.807, 2.05) is 53.9 Å². The van der Waals surface area contributed by atoms with Gasteiger partial charge in [-0.3, -0.25) is 9.59 Å². The van der Waals surface area contributed by atoms with E-state index < -0.39 is 6.04 Å². The average Bonchev–Trinajstić information content (AvgIpc) is 3.29. The van der Waals surface area contributed by atoms with Crippen LogP contribution in [0.5, 0.6) is 0 Å². The van der Waals surface area contributed by atoms with Gasteiger partial charge >= 0.3 is 0 Å². The maximum Gasteiger partial charge on any atom is 0.262 e. The van der Waals surface area contributed by atoms with Crippen LogP contribution in [-0.2, 0) is 24.1 Å². The molecule has 0 radical (unpaired) electrons. The zero-order valence-electron chi connectivity index (χ0n) is 16.2. The fourth-order valence-corrected chi connectivity index (χ4v) is 4.44. The van der Waals surface area contributed by atoms with Gasteiger partial charge in [-0.15, -0.1) is 11.3 Å². The second-order valence-corrected chi connectivity index (χ2v) is 8.28. The van der Waals surface area contributed by atoms with Gasteiger partial charge in [0.2, 0.25) is 5.91 Å². The number of aryl methyl sites for hydroxylation is 1. The average molecular weight is 405 g/mol. The van der Waals surface area contributed by atoms with Gasteiger partial charge in [0.05, 0.1) is 4.88 Å². The summed E-state index contributed by atoms with van der Waals surface area (Å²) >= 11 is 1.37. The molecule has 2 amide bonds. The molecule has 0 saturated heterocycles. The Morgan fingerprint density at radius 1 is 0.931 bits per heavy atom. The Hall–Kier alpha value is -2.92. The maximum atomic E-state index is 13.2. The van der Waals surface area contributed by atoms with E-state index in [0.29, 0.717) is 11.3 Å². The molecule has 4 rings (SSSR count). The molecule has 0 fully saturated rings. The lowest BCUT2D eigenvalue weighted by molar-refractivity contribution is -0.118. The van der Waals surface area contributed by atoms with Crippen LogP contribution in [0.4, 0.5) is 5.69 Å². The summed E-state index contributed by atoms with van der Waals surface area (Å²) in [6.07, 6.45) is 4.82. The van der Waals surface area contributed by atoms with E-state index in [1.165, 1.54) is 28.9 Å². The Morgan fingerprint density at radius 3 is 2.55 bits per heavy atom. The minimum Gasteiger partial charge on any atom is -0.339 e. The van der Waals surface area contributed by atoms with Crippen molar-refractivity contribution in [1.82, 2.24) is 5.32 Å². The number of anilines is 1. The lowest BCUT2D eigenvalue weighted by Gasteiger charge is -2.22. The Kier molecular flexibility index (Phi) is 6.06. The SMILES string of the molecule is O=C(NC(Cc1ccccc1)C(=O)Nc1cccc2c1CCCC2)c1cccs1. The fourth-order valence-electron chi connectivity index (χ4n) is 3.81. The highest BCUT2D eigenvalue weighted by atomic mass is 32.1. The van der Waals surface area contributed by atoms with E-state index >= 15 is 0 Å². The molecule has 0 saturated carbocycles. The molecule has 2 N–H and O–H groups in total. The predicted molar refractivity (Wildman–Crippen MR) is 117 cm³/mol. The molecule has 1 aliphatic carbocycles. The van der Waals surface area contributed by atoms with Crippen LogP contribution in [-0.4, -0.2) is 17.9 Å². The Morgan fingerprint density at radius 2 is 1.76 bits per heavy atom. The van der Waals surface area contributed by atoms with Gasteiger partial charge < -0.3 is 10.6 Å². The monoisotopic (exact) mass is 404 g/mol. The molecule has 4 nitrogen and oxygen atoms in total. The lowest BCUT2D eigenvalue weighted by Crippen LogP contribution is -2.45. The standard InChI is InChI=1S/C24H24N2O2S/c27-23(25-20-13-6-11-18-10-4-5-12-19(18)20)21(16-17-8-2-1-3-9-17)26-24(28)22-14-7-15-29-22/h1-3,6-9,11,13-15,21H,4-5,10,12,16H2,(H,25,27)(H,26,28). The number of benzene rings is 2. The van der Waals surface area contributed by atoms with Gasteiger partial charge in [0, 0.05) is 12.1 Å². The van der Waals surface area contributed by atoms with E-state index in [0.717, 1.165) is 30.5 Å². The third kappa shape index (κ3) is 4.74. The van der Waals surface area contributed by atoms with E-state index in [1.54, 1.807) is 6.07 Å². The van der Waals surface area contributed by atoms with Crippen LogP contribution in [0.3, 0.4) is 0 Å². The number of hydrogen-bond donors (Lipinski definition) is 2. The maximum absolute atomic E-state index is 13.2. The molecule has 1 aromatic heterocycles. The number of hydrogen-bond acceptors (Lipinski definition) is 3. The van der Waals surface area contributed by atoms with Crippen LogP contribution < -0.4 is 10.6 Å². The topological polar surface area (TPSA) is 58.2 Å². The molecular weight excluding hydrogens is 380 g/mol. The molecule has 148 valence electrons. The number of amides is 2. The number of nitrogens with one attached hydrogen (secondary N) is 2. The third-order valence-corrected chi connectivity index (χ3v) is 6.17. The smallest absolute Gasteiger partial charge is 0.262 e. The molecule has 0 bridgehead atoms. The van der Waals surface area contributed by atoms with E-state index in [-0.39, 0.29) is 11.8 Å². The van der Waals surface area contributed by atoms with Crippen molar-refractivity contribution >= 4 is 28.8 Å². The number of fused-ring (bicyclic) bond motifs is 1. The highest BCUT2D eigenvalue weighted by molar-refractivity contribution is 7.12. The van der Waals surface area contributed by atoms with Gasteiger partial charge in [-0.25, -0.2) is 0 Å². The van der Waals surface area contributed by atoms with Gasteiger partial charge in [0.25, 0.3) is 5.91 Å². The van der Waals surface area contributed by atoms with Gasteiger partial charge in [-0.2, -0.15) is 0 Å². The quantitative estimate of drug-likeness (QED) is 0.630. The van der Waals surface area contributed by atoms with Crippen LogP contribution in [0, 0.1) is 0 Å². The highest BCUT2D eigenvalue weighted by Gasteiger charge is 2.24. The zero-order valence-corrected chi connectivity index (χ0v) is 17.0. The van der Waals surface area contributed by atoms with Crippen molar-refractivity contribution in [2.24, 2.45) is 0 Å². The minimum atomic E-state index is -0.647. The first-order valence-electron chi connectivity index (χ1n) is 10.0. The predicted octanol–water partition coefficient (Wildman–Crippen LogP) is 4.61. The van der Waals surface area contributed by atoms with Crippen LogP contribution in [0.15, 0.2) is 66.0 Å². The van der Waals surface area contributed by atoms with Crippen molar-refractivity contribution in [3.63, 3.8) is 0 Å².